The van der Waals surface area contributed by atoms with Crippen molar-refractivity contribution in [3.8, 4) is 5.88 Å². The van der Waals surface area contributed by atoms with E-state index in [4.69, 9.17) is 16.3 Å². The van der Waals surface area contributed by atoms with Gasteiger partial charge in [0.05, 0.1) is 13.7 Å². The number of alkyl halides is 1. The number of carbonyl (C=O) groups excluding carboxylic acids is 1. The molecule has 0 spiro atoms. The first-order chi connectivity index (χ1) is 11.0. The smallest absolute Gasteiger partial charge is 0.274 e. The van der Waals surface area contributed by atoms with E-state index in [-0.39, 0.29) is 24.6 Å². The molecule has 1 atom stereocenters. The van der Waals surface area contributed by atoms with E-state index >= 15 is 4.39 Å². The summed E-state index contributed by atoms with van der Waals surface area (Å²) in [6.45, 7) is 0.248. The molecule has 1 amide bonds. The summed E-state index contributed by atoms with van der Waals surface area (Å²) >= 11 is 6.09. The van der Waals surface area contributed by atoms with Crippen LogP contribution >= 0.6 is 11.6 Å². The molecule has 1 aliphatic rings. The Labute approximate surface area is 138 Å². The molecule has 120 valence electrons. The number of hydrogen-bond acceptors (Lipinski definition) is 4. The van der Waals surface area contributed by atoms with Crippen LogP contribution in [0.3, 0.4) is 0 Å². The van der Waals surface area contributed by atoms with Crippen molar-refractivity contribution in [1.82, 2.24) is 15.1 Å². The molecular weight excluding hydrogens is 321 g/mol. The van der Waals surface area contributed by atoms with Crippen molar-refractivity contribution < 1.29 is 13.9 Å². The molecule has 1 saturated heterocycles. The lowest BCUT2D eigenvalue weighted by Crippen LogP contribution is -2.33. The number of benzene rings is 1. The summed E-state index contributed by atoms with van der Waals surface area (Å²) in [5.74, 6) is -0.0365. The monoisotopic (exact) mass is 335 g/mol. The number of carbonyl (C=O) groups is 1. The number of ether oxygens (including phenoxy) is 1. The number of nitrogens with zero attached hydrogens (tertiary/aromatic N) is 3. The Morgan fingerprint density at radius 2 is 2.09 bits per heavy atom. The van der Waals surface area contributed by atoms with Gasteiger partial charge in [-0.15, -0.1) is 10.2 Å². The van der Waals surface area contributed by atoms with Gasteiger partial charge in [-0.3, -0.25) is 4.79 Å². The van der Waals surface area contributed by atoms with E-state index in [2.05, 4.69) is 10.2 Å². The van der Waals surface area contributed by atoms with Crippen LogP contribution in [0, 0.1) is 0 Å². The van der Waals surface area contributed by atoms with E-state index in [1.807, 2.05) is 0 Å². The van der Waals surface area contributed by atoms with Crippen LogP contribution in [-0.4, -0.2) is 41.2 Å². The third-order valence-electron chi connectivity index (χ3n) is 3.93. The maximum absolute atomic E-state index is 15.2. The minimum absolute atomic E-state index is 0.0523. The molecule has 0 aliphatic carbocycles. The van der Waals surface area contributed by atoms with Crippen molar-refractivity contribution in [2.24, 2.45) is 0 Å². The van der Waals surface area contributed by atoms with Gasteiger partial charge in [0, 0.05) is 29.6 Å². The highest BCUT2D eigenvalue weighted by molar-refractivity contribution is 6.31. The van der Waals surface area contributed by atoms with E-state index in [0.29, 0.717) is 23.0 Å². The lowest BCUT2D eigenvalue weighted by atomic mass is 9.95. The predicted octanol–water partition coefficient (Wildman–Crippen LogP) is 2.85. The summed E-state index contributed by atoms with van der Waals surface area (Å²) in [6, 6.07) is 9.86. The molecule has 1 fully saturated rings. The van der Waals surface area contributed by atoms with E-state index < -0.39 is 5.67 Å². The Hall–Kier alpha value is -2.21. The molecule has 3 rings (SSSR count). The van der Waals surface area contributed by atoms with Gasteiger partial charge in [0.25, 0.3) is 5.91 Å². The summed E-state index contributed by atoms with van der Waals surface area (Å²) in [6.07, 6.45) is 0.200. The summed E-state index contributed by atoms with van der Waals surface area (Å²) < 4.78 is 20.1. The van der Waals surface area contributed by atoms with Crippen molar-refractivity contribution in [3.63, 3.8) is 0 Å². The Morgan fingerprint density at radius 1 is 1.30 bits per heavy atom. The predicted molar refractivity (Wildman–Crippen MR) is 83.3 cm³/mol. The molecule has 2 heterocycles. The fourth-order valence-corrected chi connectivity index (χ4v) is 3.00. The van der Waals surface area contributed by atoms with Crippen molar-refractivity contribution in [2.75, 3.05) is 20.2 Å². The van der Waals surface area contributed by atoms with Gasteiger partial charge in [0.15, 0.2) is 11.4 Å². The quantitative estimate of drug-likeness (QED) is 0.865. The molecule has 23 heavy (non-hydrogen) atoms. The van der Waals surface area contributed by atoms with Crippen LogP contribution < -0.4 is 4.74 Å². The molecule has 1 aliphatic heterocycles. The van der Waals surface area contributed by atoms with Crippen LogP contribution in [0.4, 0.5) is 4.39 Å². The Kier molecular flexibility index (Phi) is 4.17. The van der Waals surface area contributed by atoms with E-state index in [9.17, 15) is 4.79 Å². The zero-order valence-electron chi connectivity index (χ0n) is 12.5. The van der Waals surface area contributed by atoms with Crippen LogP contribution in [-0.2, 0) is 5.67 Å². The van der Waals surface area contributed by atoms with Crippen LogP contribution in [0.15, 0.2) is 36.4 Å². The number of rotatable bonds is 3. The maximum Gasteiger partial charge on any atom is 0.274 e. The molecule has 1 aromatic heterocycles. The third kappa shape index (κ3) is 2.99. The zero-order chi connectivity index (χ0) is 16.4. The van der Waals surface area contributed by atoms with Crippen molar-refractivity contribution >= 4 is 17.5 Å². The minimum Gasteiger partial charge on any atom is -0.480 e. The normalized spacial score (nSPS) is 20.6. The van der Waals surface area contributed by atoms with Gasteiger partial charge in [-0.1, -0.05) is 29.8 Å². The fraction of sp³-hybridized carbons (Fsp3) is 0.312. The molecule has 5 nitrogen and oxygen atoms in total. The lowest BCUT2D eigenvalue weighted by molar-refractivity contribution is 0.0743. The topological polar surface area (TPSA) is 55.3 Å². The first kappa shape index (κ1) is 15.7. The SMILES string of the molecule is COc1ccc(C(=O)N2CCC(F)(c3ccccc3Cl)C2)nn1. The molecule has 1 unspecified atom stereocenters. The van der Waals surface area contributed by atoms with Crippen LogP contribution in [0.5, 0.6) is 5.88 Å². The molecule has 2 aromatic rings. The van der Waals surface area contributed by atoms with Crippen molar-refractivity contribution in [1.29, 1.82) is 0 Å². The highest BCUT2D eigenvalue weighted by Gasteiger charge is 2.43. The molecule has 7 heteroatoms. The summed E-state index contributed by atoms with van der Waals surface area (Å²) in [5.41, 5.74) is -1.07. The number of methoxy groups -OCH3 is 1. The largest absolute Gasteiger partial charge is 0.480 e. The molecule has 0 saturated carbocycles. The van der Waals surface area contributed by atoms with Gasteiger partial charge in [0.2, 0.25) is 5.88 Å². The zero-order valence-corrected chi connectivity index (χ0v) is 13.3. The highest BCUT2D eigenvalue weighted by Crippen LogP contribution is 2.39. The Morgan fingerprint density at radius 3 is 2.74 bits per heavy atom. The second-order valence-corrected chi connectivity index (χ2v) is 5.79. The van der Waals surface area contributed by atoms with Gasteiger partial charge in [-0.25, -0.2) is 4.39 Å². The van der Waals surface area contributed by atoms with Gasteiger partial charge in [-0.2, -0.15) is 0 Å². The standard InChI is InChI=1S/C16H15ClFN3O2/c1-23-14-7-6-13(19-20-14)15(22)21-9-8-16(18,10-21)11-4-2-3-5-12(11)17/h2-7H,8-10H2,1H3. The van der Waals surface area contributed by atoms with Gasteiger partial charge < -0.3 is 9.64 Å². The minimum atomic E-state index is -1.64. The summed E-state index contributed by atoms with van der Waals surface area (Å²) in [7, 11) is 1.47. The fourth-order valence-electron chi connectivity index (χ4n) is 2.70. The lowest BCUT2D eigenvalue weighted by Gasteiger charge is -2.22. The molecule has 0 N–H and O–H groups in total. The number of amides is 1. The molecule has 0 bridgehead atoms. The number of halogens is 2. The van der Waals surface area contributed by atoms with E-state index in [1.165, 1.54) is 18.1 Å². The second-order valence-electron chi connectivity index (χ2n) is 5.38. The van der Waals surface area contributed by atoms with Gasteiger partial charge in [-0.05, 0) is 12.1 Å². The van der Waals surface area contributed by atoms with Gasteiger partial charge in [0.1, 0.15) is 0 Å². The first-order valence-corrected chi connectivity index (χ1v) is 7.52. The highest BCUT2D eigenvalue weighted by atomic mass is 35.5. The number of hydrogen-bond donors (Lipinski definition) is 0. The number of aromatic nitrogens is 2. The molecule has 0 radical (unpaired) electrons. The maximum atomic E-state index is 15.2. The summed E-state index contributed by atoms with van der Waals surface area (Å²) in [5, 5.41) is 7.95. The molecular formula is C16H15ClFN3O2. The Balaban J connectivity index is 1.78. The molecule has 1 aromatic carbocycles. The van der Waals surface area contributed by atoms with Gasteiger partial charge >= 0.3 is 0 Å². The van der Waals surface area contributed by atoms with E-state index in [1.54, 1.807) is 30.3 Å². The number of likely N-dealkylation sites (tertiary alicyclic amines) is 1. The van der Waals surface area contributed by atoms with Crippen LogP contribution in [0.2, 0.25) is 5.02 Å². The average Bonchev–Trinajstić information content (AvgIpc) is 2.98. The Bertz CT molecular complexity index is 726. The second kappa shape index (κ2) is 6.12. The van der Waals surface area contributed by atoms with Crippen LogP contribution in [0.1, 0.15) is 22.5 Å². The average molecular weight is 336 g/mol. The summed E-state index contributed by atoms with van der Waals surface area (Å²) in [4.78, 5) is 13.9. The van der Waals surface area contributed by atoms with Crippen LogP contribution in [0.25, 0.3) is 0 Å². The van der Waals surface area contributed by atoms with Crippen molar-refractivity contribution in [3.05, 3.63) is 52.7 Å². The third-order valence-corrected chi connectivity index (χ3v) is 4.26. The first-order valence-electron chi connectivity index (χ1n) is 7.14. The van der Waals surface area contributed by atoms with Crippen molar-refractivity contribution in [2.45, 2.75) is 12.1 Å². The van der Waals surface area contributed by atoms with E-state index in [0.717, 1.165) is 0 Å².